The fraction of sp³-hybridized carbons (Fsp3) is 0.571. The number of amides is 1. The van der Waals surface area contributed by atoms with E-state index >= 15 is 0 Å². The third kappa shape index (κ3) is 4.52. The number of carbonyl (C=O) groups is 2. The molecule has 128 valence electrons. The molecule has 1 aliphatic rings. The van der Waals surface area contributed by atoms with Crippen molar-refractivity contribution < 1.29 is 23.1 Å². The van der Waals surface area contributed by atoms with Crippen molar-refractivity contribution in [1.82, 2.24) is 9.62 Å². The van der Waals surface area contributed by atoms with Crippen LogP contribution in [0.15, 0.2) is 21.7 Å². The molecule has 7 nitrogen and oxygen atoms in total. The Morgan fingerprint density at radius 1 is 1.39 bits per heavy atom. The highest BCUT2D eigenvalue weighted by atomic mass is 32.2. The first kappa shape index (κ1) is 17.9. The van der Waals surface area contributed by atoms with E-state index in [-0.39, 0.29) is 16.5 Å². The number of nitrogens with one attached hydrogen (secondary N) is 1. The molecule has 0 bridgehead atoms. The Labute approximate surface area is 139 Å². The van der Waals surface area contributed by atoms with Gasteiger partial charge in [0, 0.05) is 19.5 Å². The van der Waals surface area contributed by atoms with E-state index in [9.17, 15) is 18.0 Å². The first-order valence-corrected chi connectivity index (χ1v) is 9.80. The molecule has 2 N–H and O–H groups in total. The third-order valence-electron chi connectivity index (χ3n) is 3.68. The van der Waals surface area contributed by atoms with Gasteiger partial charge in [-0.05, 0) is 37.1 Å². The number of carbonyl (C=O) groups excluding carboxylic acids is 1. The van der Waals surface area contributed by atoms with Gasteiger partial charge in [-0.1, -0.05) is 6.07 Å². The summed E-state index contributed by atoms with van der Waals surface area (Å²) in [5.41, 5.74) is 0. The van der Waals surface area contributed by atoms with E-state index in [4.69, 9.17) is 5.11 Å². The Balaban J connectivity index is 1.91. The zero-order valence-electron chi connectivity index (χ0n) is 12.6. The Bertz CT molecular complexity index is 642. The summed E-state index contributed by atoms with van der Waals surface area (Å²) in [5.74, 6) is -1.17. The number of rotatable bonds is 8. The van der Waals surface area contributed by atoms with Crippen LogP contribution >= 0.6 is 11.3 Å². The average Bonchev–Trinajstić information content (AvgIpc) is 3.18. The molecule has 0 aliphatic carbocycles. The summed E-state index contributed by atoms with van der Waals surface area (Å²) in [5, 5.41) is 13.0. The van der Waals surface area contributed by atoms with Crippen molar-refractivity contribution in [3.05, 3.63) is 17.5 Å². The fourth-order valence-corrected chi connectivity index (χ4v) is 5.32. The van der Waals surface area contributed by atoms with Crippen LogP contribution in [0.4, 0.5) is 0 Å². The van der Waals surface area contributed by atoms with Crippen LogP contribution in [-0.2, 0) is 19.6 Å². The lowest BCUT2D eigenvalue weighted by Gasteiger charge is -2.22. The number of hydrogen-bond acceptors (Lipinski definition) is 5. The van der Waals surface area contributed by atoms with E-state index in [1.807, 2.05) is 0 Å². The van der Waals surface area contributed by atoms with Gasteiger partial charge in [0.05, 0.1) is 0 Å². The van der Waals surface area contributed by atoms with E-state index in [0.717, 1.165) is 11.3 Å². The molecule has 1 fully saturated rings. The van der Waals surface area contributed by atoms with Crippen molar-refractivity contribution in [2.45, 2.75) is 42.4 Å². The molecule has 1 amide bonds. The Morgan fingerprint density at radius 2 is 2.17 bits per heavy atom. The molecule has 0 spiro atoms. The van der Waals surface area contributed by atoms with Gasteiger partial charge in [0.15, 0.2) is 0 Å². The number of nitrogens with zero attached hydrogens (tertiary/aromatic N) is 1. The maximum Gasteiger partial charge on any atom is 0.303 e. The van der Waals surface area contributed by atoms with Crippen molar-refractivity contribution in [2.24, 2.45) is 0 Å². The van der Waals surface area contributed by atoms with Crippen molar-refractivity contribution in [3.63, 3.8) is 0 Å². The van der Waals surface area contributed by atoms with Gasteiger partial charge in [-0.25, -0.2) is 8.42 Å². The second kappa shape index (κ2) is 7.89. The molecule has 0 saturated carbocycles. The maximum atomic E-state index is 12.6. The first-order valence-electron chi connectivity index (χ1n) is 7.48. The van der Waals surface area contributed by atoms with Crippen LogP contribution in [-0.4, -0.2) is 48.8 Å². The minimum atomic E-state index is -3.62. The molecule has 0 aromatic carbocycles. The van der Waals surface area contributed by atoms with Crippen molar-refractivity contribution in [2.75, 3.05) is 13.1 Å². The number of aliphatic carboxylic acids is 1. The van der Waals surface area contributed by atoms with Gasteiger partial charge in [0.1, 0.15) is 10.3 Å². The van der Waals surface area contributed by atoms with Crippen molar-refractivity contribution in [3.8, 4) is 0 Å². The summed E-state index contributed by atoms with van der Waals surface area (Å²) in [4.78, 5) is 22.7. The second-order valence-electron chi connectivity index (χ2n) is 5.35. The van der Waals surface area contributed by atoms with E-state index in [0.29, 0.717) is 38.8 Å². The van der Waals surface area contributed by atoms with Gasteiger partial charge in [0.2, 0.25) is 5.91 Å². The molecule has 1 saturated heterocycles. The van der Waals surface area contributed by atoms with Crippen LogP contribution in [0.2, 0.25) is 0 Å². The van der Waals surface area contributed by atoms with E-state index in [2.05, 4.69) is 5.32 Å². The predicted molar refractivity (Wildman–Crippen MR) is 85.7 cm³/mol. The van der Waals surface area contributed by atoms with E-state index in [1.165, 1.54) is 4.31 Å². The van der Waals surface area contributed by atoms with Crippen LogP contribution in [0.3, 0.4) is 0 Å². The quantitative estimate of drug-likeness (QED) is 0.680. The van der Waals surface area contributed by atoms with Gasteiger partial charge in [-0.3, -0.25) is 9.59 Å². The number of thiophene rings is 1. The molecule has 2 rings (SSSR count). The topological polar surface area (TPSA) is 104 Å². The molecule has 1 unspecified atom stereocenters. The van der Waals surface area contributed by atoms with Gasteiger partial charge in [-0.2, -0.15) is 4.31 Å². The normalized spacial score (nSPS) is 18.9. The predicted octanol–water partition coefficient (Wildman–Crippen LogP) is 1.27. The standard InChI is InChI=1S/C14H20N2O5S2/c17-12(18)6-1-2-8-15-14(19)11-5-3-9-16(11)23(20,21)13-7-4-10-22-13/h4,7,10-11H,1-3,5-6,8-9H2,(H,15,19)(H,17,18). The highest BCUT2D eigenvalue weighted by Gasteiger charge is 2.39. The van der Waals surface area contributed by atoms with Gasteiger partial charge < -0.3 is 10.4 Å². The number of unbranched alkanes of at least 4 members (excludes halogenated alkanes) is 1. The maximum absolute atomic E-state index is 12.6. The lowest BCUT2D eigenvalue weighted by molar-refractivity contribution is -0.137. The summed E-state index contributed by atoms with van der Waals surface area (Å²) in [6.45, 7) is 0.701. The zero-order valence-corrected chi connectivity index (χ0v) is 14.2. The van der Waals surface area contributed by atoms with Gasteiger partial charge in [-0.15, -0.1) is 11.3 Å². The summed E-state index contributed by atoms with van der Waals surface area (Å²) >= 11 is 1.14. The zero-order chi connectivity index (χ0) is 16.9. The van der Waals surface area contributed by atoms with Crippen LogP contribution in [0.1, 0.15) is 32.1 Å². The highest BCUT2D eigenvalue weighted by molar-refractivity contribution is 7.91. The third-order valence-corrected chi connectivity index (χ3v) is 6.96. The minimum Gasteiger partial charge on any atom is -0.481 e. The van der Waals surface area contributed by atoms with Crippen LogP contribution < -0.4 is 5.32 Å². The Morgan fingerprint density at radius 3 is 2.83 bits per heavy atom. The summed E-state index contributed by atoms with van der Waals surface area (Å²) in [7, 11) is -3.62. The molecule has 2 heterocycles. The Hall–Kier alpha value is -1.45. The van der Waals surface area contributed by atoms with Crippen LogP contribution in [0.25, 0.3) is 0 Å². The van der Waals surface area contributed by atoms with E-state index < -0.39 is 22.0 Å². The molecular formula is C14H20N2O5S2. The molecular weight excluding hydrogens is 340 g/mol. The molecule has 1 aromatic rings. The largest absolute Gasteiger partial charge is 0.481 e. The molecule has 1 aromatic heterocycles. The summed E-state index contributed by atoms with van der Waals surface area (Å²) < 4.78 is 26.6. The smallest absolute Gasteiger partial charge is 0.303 e. The number of sulfonamides is 1. The number of hydrogen-bond donors (Lipinski definition) is 2. The SMILES string of the molecule is O=C(O)CCCCNC(=O)C1CCCN1S(=O)(=O)c1cccs1. The summed E-state index contributed by atoms with van der Waals surface area (Å²) in [6, 6.07) is 2.53. The first-order chi connectivity index (χ1) is 10.9. The van der Waals surface area contributed by atoms with E-state index in [1.54, 1.807) is 17.5 Å². The molecule has 1 atom stereocenters. The van der Waals surface area contributed by atoms with Crippen LogP contribution in [0.5, 0.6) is 0 Å². The van der Waals surface area contributed by atoms with Gasteiger partial charge >= 0.3 is 5.97 Å². The molecule has 1 aliphatic heterocycles. The molecule has 23 heavy (non-hydrogen) atoms. The average molecular weight is 360 g/mol. The summed E-state index contributed by atoms with van der Waals surface area (Å²) in [6.07, 6.45) is 2.27. The number of carboxylic acid groups (broad SMARTS) is 1. The highest BCUT2D eigenvalue weighted by Crippen LogP contribution is 2.28. The Kier molecular flexibility index (Phi) is 6.14. The minimum absolute atomic E-state index is 0.0676. The van der Waals surface area contributed by atoms with Crippen LogP contribution in [0, 0.1) is 0 Å². The lowest BCUT2D eigenvalue weighted by Crippen LogP contribution is -2.45. The van der Waals surface area contributed by atoms with Crippen molar-refractivity contribution in [1.29, 1.82) is 0 Å². The molecule has 0 radical (unpaired) electrons. The molecule has 9 heteroatoms. The van der Waals surface area contributed by atoms with Crippen molar-refractivity contribution >= 4 is 33.2 Å². The monoisotopic (exact) mass is 360 g/mol. The fourth-order valence-electron chi connectivity index (χ4n) is 2.55. The lowest BCUT2D eigenvalue weighted by atomic mass is 10.2. The van der Waals surface area contributed by atoms with Gasteiger partial charge in [0.25, 0.3) is 10.0 Å². The number of carboxylic acids is 1. The second-order valence-corrected chi connectivity index (χ2v) is 8.41.